The van der Waals surface area contributed by atoms with Gasteiger partial charge in [-0.15, -0.1) is 10.2 Å². The van der Waals surface area contributed by atoms with E-state index in [-0.39, 0.29) is 17.6 Å². The van der Waals surface area contributed by atoms with Gasteiger partial charge in [-0.25, -0.2) is 0 Å². The first-order chi connectivity index (χ1) is 13.3. The normalized spacial score (nSPS) is 10.7. The average Bonchev–Trinajstić information content (AvgIpc) is 3.22. The molecule has 146 valence electrons. The minimum atomic E-state index is -0.297. The van der Waals surface area contributed by atoms with E-state index in [9.17, 15) is 9.59 Å². The number of carbonyl (C=O) groups is 2. The maximum absolute atomic E-state index is 12.3. The van der Waals surface area contributed by atoms with Gasteiger partial charge in [-0.3, -0.25) is 14.9 Å². The van der Waals surface area contributed by atoms with Gasteiger partial charge in [-0.1, -0.05) is 35.2 Å². The topological polar surface area (TPSA) is 97.1 Å². The number of hydrogen-bond donors (Lipinski definition) is 2. The number of rotatable bonds is 6. The van der Waals surface area contributed by atoms with Crippen LogP contribution in [-0.2, 0) is 4.79 Å². The average molecular weight is 417 g/mol. The summed E-state index contributed by atoms with van der Waals surface area (Å²) in [5.41, 5.74) is 3.37. The zero-order valence-electron chi connectivity index (χ0n) is 16.0. The van der Waals surface area contributed by atoms with Gasteiger partial charge in [0.15, 0.2) is 4.34 Å². The van der Waals surface area contributed by atoms with Crippen LogP contribution in [0.15, 0.2) is 33.0 Å². The fourth-order valence-electron chi connectivity index (χ4n) is 2.52. The Morgan fingerprint density at radius 1 is 1.11 bits per heavy atom. The smallest absolute Gasteiger partial charge is 0.261 e. The second kappa shape index (κ2) is 8.57. The van der Waals surface area contributed by atoms with Crippen LogP contribution in [0.25, 0.3) is 0 Å². The van der Waals surface area contributed by atoms with Gasteiger partial charge in [-0.05, 0) is 51.0 Å². The summed E-state index contributed by atoms with van der Waals surface area (Å²) in [5, 5.41) is 14.0. The number of thioether (sulfide) groups is 1. The Labute approximate surface area is 170 Å². The lowest BCUT2D eigenvalue weighted by molar-refractivity contribution is -0.113. The fraction of sp³-hybridized carbons (Fsp3) is 0.263. The van der Waals surface area contributed by atoms with Gasteiger partial charge in [0.1, 0.15) is 11.5 Å². The first-order valence-electron chi connectivity index (χ1n) is 8.53. The van der Waals surface area contributed by atoms with Gasteiger partial charge in [-0.2, -0.15) is 0 Å². The molecule has 0 atom stereocenters. The number of carbonyl (C=O) groups excluding carboxylic acids is 2. The van der Waals surface area contributed by atoms with E-state index in [2.05, 4.69) is 20.8 Å². The fourth-order valence-corrected chi connectivity index (χ4v) is 4.07. The van der Waals surface area contributed by atoms with Gasteiger partial charge in [0.05, 0.1) is 11.3 Å². The highest BCUT2D eigenvalue weighted by atomic mass is 32.2. The van der Waals surface area contributed by atoms with Crippen LogP contribution in [-0.4, -0.2) is 27.8 Å². The van der Waals surface area contributed by atoms with Crippen LogP contribution in [0.3, 0.4) is 0 Å². The summed E-state index contributed by atoms with van der Waals surface area (Å²) in [6.45, 7) is 7.45. The van der Waals surface area contributed by atoms with E-state index in [1.54, 1.807) is 19.9 Å². The second-order valence-electron chi connectivity index (χ2n) is 6.31. The van der Waals surface area contributed by atoms with Crippen molar-refractivity contribution in [3.8, 4) is 0 Å². The lowest BCUT2D eigenvalue weighted by Crippen LogP contribution is -2.14. The summed E-state index contributed by atoms with van der Waals surface area (Å²) >= 11 is 2.49. The number of furan rings is 1. The van der Waals surface area contributed by atoms with Crippen molar-refractivity contribution < 1.29 is 14.0 Å². The van der Waals surface area contributed by atoms with Gasteiger partial charge in [0.2, 0.25) is 11.0 Å². The van der Waals surface area contributed by atoms with Gasteiger partial charge in [0.25, 0.3) is 5.91 Å². The van der Waals surface area contributed by atoms with Crippen LogP contribution in [0.4, 0.5) is 10.8 Å². The molecule has 0 aliphatic heterocycles. The first-order valence-corrected chi connectivity index (χ1v) is 10.3. The lowest BCUT2D eigenvalue weighted by Gasteiger charge is -2.08. The van der Waals surface area contributed by atoms with Crippen LogP contribution >= 0.6 is 23.1 Å². The highest BCUT2D eigenvalue weighted by Crippen LogP contribution is 2.26. The van der Waals surface area contributed by atoms with E-state index in [1.165, 1.54) is 23.1 Å². The number of hydrogen-bond acceptors (Lipinski definition) is 7. The number of nitrogens with one attached hydrogen (secondary N) is 2. The summed E-state index contributed by atoms with van der Waals surface area (Å²) in [4.78, 5) is 24.5. The molecule has 2 aromatic heterocycles. The van der Waals surface area contributed by atoms with Crippen molar-refractivity contribution in [3.05, 3.63) is 52.5 Å². The molecule has 3 aromatic rings. The molecule has 2 heterocycles. The summed E-state index contributed by atoms with van der Waals surface area (Å²) in [5.74, 6) is 1.01. The Balaban J connectivity index is 1.54. The summed E-state index contributed by atoms with van der Waals surface area (Å²) in [7, 11) is 0. The van der Waals surface area contributed by atoms with Gasteiger partial charge < -0.3 is 9.73 Å². The summed E-state index contributed by atoms with van der Waals surface area (Å²) in [6, 6.07) is 7.60. The summed E-state index contributed by atoms with van der Waals surface area (Å²) in [6.07, 6.45) is 0. The molecular weight excluding hydrogens is 396 g/mol. The molecule has 0 bridgehead atoms. The van der Waals surface area contributed by atoms with Crippen molar-refractivity contribution in [3.63, 3.8) is 0 Å². The van der Waals surface area contributed by atoms with E-state index >= 15 is 0 Å². The molecule has 0 aliphatic carbocycles. The number of benzene rings is 1. The van der Waals surface area contributed by atoms with E-state index in [0.29, 0.717) is 26.6 Å². The molecule has 2 amide bonds. The second-order valence-corrected chi connectivity index (χ2v) is 8.51. The molecule has 1 aromatic carbocycles. The molecule has 0 radical (unpaired) electrons. The zero-order valence-corrected chi connectivity index (χ0v) is 17.6. The minimum absolute atomic E-state index is 0.121. The molecule has 0 fully saturated rings. The molecular formula is C19H20N4O3S2. The van der Waals surface area contributed by atoms with E-state index < -0.39 is 0 Å². The predicted octanol–water partition coefficient (Wildman–Crippen LogP) is 4.35. The quantitative estimate of drug-likeness (QED) is 0.458. The molecule has 9 heteroatoms. The zero-order chi connectivity index (χ0) is 20.3. The molecule has 0 saturated heterocycles. The van der Waals surface area contributed by atoms with Gasteiger partial charge in [0, 0.05) is 5.69 Å². The van der Waals surface area contributed by atoms with Crippen LogP contribution < -0.4 is 10.6 Å². The maximum atomic E-state index is 12.3. The molecule has 28 heavy (non-hydrogen) atoms. The maximum Gasteiger partial charge on any atom is 0.261 e. The third-order valence-corrected chi connectivity index (χ3v) is 5.88. The van der Waals surface area contributed by atoms with Crippen LogP contribution in [0, 0.1) is 27.7 Å². The number of aromatic nitrogens is 2. The SMILES string of the molecule is Cc1ccc(C)c(NC(=O)CSc2nnc(NC(=O)c3cc(C)oc3C)s2)c1. The number of amides is 2. The van der Waals surface area contributed by atoms with Crippen LogP contribution in [0.2, 0.25) is 0 Å². The largest absolute Gasteiger partial charge is 0.466 e. The molecule has 0 spiro atoms. The monoisotopic (exact) mass is 416 g/mol. The predicted molar refractivity (Wildman–Crippen MR) is 111 cm³/mol. The van der Waals surface area contributed by atoms with Crippen molar-refractivity contribution >= 4 is 45.7 Å². The van der Waals surface area contributed by atoms with E-state index in [1.807, 2.05) is 32.0 Å². The van der Waals surface area contributed by atoms with E-state index in [4.69, 9.17) is 4.42 Å². The first kappa shape index (κ1) is 20.1. The summed E-state index contributed by atoms with van der Waals surface area (Å²) < 4.78 is 5.97. The Hall–Kier alpha value is -2.65. The Bertz CT molecular complexity index is 1030. The van der Waals surface area contributed by atoms with Crippen molar-refractivity contribution in [2.24, 2.45) is 0 Å². The van der Waals surface area contributed by atoms with Crippen molar-refractivity contribution in [1.29, 1.82) is 0 Å². The lowest BCUT2D eigenvalue weighted by atomic mass is 10.1. The molecule has 3 rings (SSSR count). The number of nitrogens with zero attached hydrogens (tertiary/aromatic N) is 2. The Morgan fingerprint density at radius 3 is 2.61 bits per heavy atom. The molecule has 0 saturated carbocycles. The molecule has 2 N–H and O–H groups in total. The van der Waals surface area contributed by atoms with Crippen molar-refractivity contribution in [2.75, 3.05) is 16.4 Å². The third kappa shape index (κ3) is 4.99. The molecule has 7 nitrogen and oxygen atoms in total. The minimum Gasteiger partial charge on any atom is -0.466 e. The van der Waals surface area contributed by atoms with Crippen molar-refractivity contribution in [2.45, 2.75) is 32.0 Å². The highest BCUT2D eigenvalue weighted by molar-refractivity contribution is 8.01. The van der Waals surface area contributed by atoms with Crippen LogP contribution in [0.1, 0.15) is 33.0 Å². The molecule has 0 aliphatic rings. The Kier molecular flexibility index (Phi) is 6.15. The van der Waals surface area contributed by atoms with Crippen LogP contribution in [0.5, 0.6) is 0 Å². The van der Waals surface area contributed by atoms with Crippen molar-refractivity contribution in [1.82, 2.24) is 10.2 Å². The van der Waals surface area contributed by atoms with E-state index in [0.717, 1.165) is 16.8 Å². The number of aryl methyl sites for hydroxylation is 4. The number of anilines is 2. The standard InChI is InChI=1S/C19H20N4O3S2/c1-10-5-6-11(2)15(7-10)20-16(24)9-27-19-23-22-18(28-19)21-17(25)14-8-12(3)26-13(14)4/h5-8H,9H2,1-4H3,(H,20,24)(H,21,22,25). The highest BCUT2D eigenvalue weighted by Gasteiger charge is 2.16. The van der Waals surface area contributed by atoms with Gasteiger partial charge >= 0.3 is 0 Å². The molecule has 0 unspecified atom stereocenters. The third-order valence-electron chi connectivity index (χ3n) is 3.91. The Morgan fingerprint density at radius 2 is 1.89 bits per heavy atom.